The molecule has 1 N–H and O–H groups in total. The molecule has 0 aliphatic heterocycles. The normalized spacial score (nSPS) is 9.71. The lowest BCUT2D eigenvalue weighted by Crippen LogP contribution is -1.83. The van der Waals surface area contributed by atoms with E-state index in [9.17, 15) is 0 Å². The summed E-state index contributed by atoms with van der Waals surface area (Å²) in [5.41, 5.74) is 7.78. The Morgan fingerprint density at radius 3 is 2.07 bits per heavy atom. The van der Waals surface area contributed by atoms with E-state index in [1.807, 2.05) is 0 Å². The lowest BCUT2D eigenvalue weighted by molar-refractivity contribution is 0.482. The molecule has 2 aromatic rings. The summed E-state index contributed by atoms with van der Waals surface area (Å²) >= 11 is 0. The predicted octanol–water partition coefficient (Wildman–Crippen LogP) is 2.79. The minimum Gasteiger partial charge on any atom is -0.457 e. The van der Waals surface area contributed by atoms with Crippen LogP contribution in [0.1, 0.15) is 0 Å². The first-order valence-corrected chi connectivity index (χ1v) is 4.24. The molecule has 0 unspecified atom stereocenters. The smallest absolute Gasteiger partial charge is 0.130 e. The van der Waals surface area contributed by atoms with Crippen molar-refractivity contribution in [3.05, 3.63) is 48.8 Å². The molecule has 3 nitrogen and oxygen atoms in total. The summed E-state index contributed by atoms with van der Waals surface area (Å²) in [5.74, 6) is 1.48. The van der Waals surface area contributed by atoms with Gasteiger partial charge in [-0.15, -0.1) is 0 Å². The molecule has 0 amide bonds. The van der Waals surface area contributed by atoms with Crippen molar-refractivity contribution in [2.45, 2.75) is 0 Å². The summed E-state index contributed by atoms with van der Waals surface area (Å²) < 4.78 is 5.51. The van der Waals surface area contributed by atoms with Crippen LogP contribution >= 0.6 is 0 Å². The van der Waals surface area contributed by atoms with Crippen molar-refractivity contribution >= 4 is 5.69 Å². The van der Waals surface area contributed by atoms with Crippen LogP contribution < -0.4 is 10.5 Å². The average Bonchev–Trinajstić information content (AvgIpc) is 2.23. The molecule has 14 heavy (non-hydrogen) atoms. The van der Waals surface area contributed by atoms with E-state index < -0.39 is 0 Å². The van der Waals surface area contributed by atoms with E-state index in [4.69, 9.17) is 10.5 Å². The maximum absolute atomic E-state index is 7.31. The Kier molecular flexibility index (Phi) is 2.32. The van der Waals surface area contributed by atoms with Crippen LogP contribution in [0.25, 0.3) is 0 Å². The number of aromatic nitrogens is 1. The lowest BCUT2D eigenvalue weighted by atomic mass is 10.3. The van der Waals surface area contributed by atoms with Crippen LogP contribution in [-0.4, -0.2) is 4.98 Å². The number of nitrogens with one attached hydrogen (secondary N) is 1. The highest BCUT2D eigenvalue weighted by molar-refractivity contribution is 5.40. The molecule has 1 aromatic carbocycles. The first kappa shape index (κ1) is 8.56. The van der Waals surface area contributed by atoms with Gasteiger partial charge >= 0.3 is 0 Å². The van der Waals surface area contributed by atoms with E-state index >= 15 is 0 Å². The Labute approximate surface area is 82.2 Å². The average molecular weight is 185 g/mol. The molecule has 2 rings (SSSR count). The molecule has 0 spiro atoms. The van der Waals surface area contributed by atoms with Crippen molar-refractivity contribution in [1.82, 2.24) is 10.7 Å². The van der Waals surface area contributed by atoms with Gasteiger partial charge in [0.25, 0.3) is 0 Å². The number of hydrogen-bond donors (Lipinski definition) is 0. The first-order valence-electron chi connectivity index (χ1n) is 4.24. The summed E-state index contributed by atoms with van der Waals surface area (Å²) in [4.78, 5) is 3.89. The van der Waals surface area contributed by atoms with Crippen LogP contribution in [-0.2, 0) is 0 Å². The second-order valence-electron chi connectivity index (χ2n) is 2.81. The molecular formula is C11H9N2O. The van der Waals surface area contributed by atoms with E-state index in [-0.39, 0.29) is 0 Å². The maximum atomic E-state index is 7.31. The van der Waals surface area contributed by atoms with Crippen LogP contribution in [0.3, 0.4) is 0 Å². The molecule has 0 bridgehead atoms. The fourth-order valence-corrected chi connectivity index (χ4v) is 1.07. The molecule has 3 heteroatoms. The summed E-state index contributed by atoms with van der Waals surface area (Å²) in [7, 11) is 0. The SMILES string of the molecule is [NH]c1ccc(Oc2ccncc2)cc1. The summed E-state index contributed by atoms with van der Waals surface area (Å²) in [6, 6.07) is 10.5. The molecule has 1 radical (unpaired) electrons. The molecule has 1 heterocycles. The Balaban J connectivity index is 2.16. The Bertz CT molecular complexity index is 397. The van der Waals surface area contributed by atoms with Gasteiger partial charge in [-0.3, -0.25) is 4.98 Å². The van der Waals surface area contributed by atoms with Crippen LogP contribution in [0, 0.1) is 0 Å². The Morgan fingerprint density at radius 2 is 1.43 bits per heavy atom. The first-order chi connectivity index (χ1) is 6.84. The van der Waals surface area contributed by atoms with E-state index in [1.165, 1.54) is 0 Å². The van der Waals surface area contributed by atoms with Crippen LogP contribution in [0.2, 0.25) is 0 Å². The molecule has 0 atom stereocenters. The minimum absolute atomic E-state index is 0.479. The molecule has 0 saturated heterocycles. The van der Waals surface area contributed by atoms with Gasteiger partial charge in [-0.1, -0.05) is 0 Å². The van der Waals surface area contributed by atoms with Crippen molar-refractivity contribution in [2.75, 3.05) is 0 Å². The van der Waals surface area contributed by atoms with Gasteiger partial charge in [0.15, 0.2) is 0 Å². The quantitative estimate of drug-likeness (QED) is 0.722. The molecular weight excluding hydrogens is 176 g/mol. The van der Waals surface area contributed by atoms with Gasteiger partial charge in [-0.2, -0.15) is 0 Å². The fourth-order valence-electron chi connectivity index (χ4n) is 1.07. The zero-order valence-corrected chi connectivity index (χ0v) is 7.47. The molecule has 0 aliphatic rings. The molecule has 69 valence electrons. The van der Waals surface area contributed by atoms with Crippen molar-refractivity contribution in [2.24, 2.45) is 0 Å². The molecule has 0 saturated carbocycles. The summed E-state index contributed by atoms with van der Waals surface area (Å²) in [5, 5.41) is 0. The monoisotopic (exact) mass is 185 g/mol. The van der Waals surface area contributed by atoms with Crippen molar-refractivity contribution in [3.8, 4) is 11.5 Å². The van der Waals surface area contributed by atoms with Crippen LogP contribution in [0.4, 0.5) is 5.69 Å². The van der Waals surface area contributed by atoms with Crippen LogP contribution in [0.15, 0.2) is 48.8 Å². The van der Waals surface area contributed by atoms with Gasteiger partial charge in [0.1, 0.15) is 11.5 Å². The summed E-state index contributed by atoms with van der Waals surface area (Å²) in [6.07, 6.45) is 3.35. The van der Waals surface area contributed by atoms with E-state index in [2.05, 4.69) is 4.98 Å². The Hall–Kier alpha value is -2.03. The highest BCUT2D eigenvalue weighted by atomic mass is 16.5. The number of rotatable bonds is 2. The van der Waals surface area contributed by atoms with Gasteiger partial charge in [-0.25, -0.2) is 0 Å². The van der Waals surface area contributed by atoms with Crippen molar-refractivity contribution in [3.63, 3.8) is 0 Å². The van der Waals surface area contributed by atoms with Gasteiger partial charge in [0.2, 0.25) is 0 Å². The second kappa shape index (κ2) is 3.79. The maximum Gasteiger partial charge on any atom is 0.130 e. The van der Waals surface area contributed by atoms with Gasteiger partial charge < -0.3 is 10.5 Å². The third kappa shape index (κ3) is 2.01. The van der Waals surface area contributed by atoms with Gasteiger partial charge in [0, 0.05) is 12.4 Å². The number of benzene rings is 1. The fraction of sp³-hybridized carbons (Fsp3) is 0. The molecule has 1 aromatic heterocycles. The van der Waals surface area contributed by atoms with Gasteiger partial charge in [0.05, 0.1) is 5.69 Å². The third-order valence-electron chi connectivity index (χ3n) is 1.74. The molecule has 0 fully saturated rings. The van der Waals surface area contributed by atoms with E-state index in [0.717, 1.165) is 11.5 Å². The van der Waals surface area contributed by atoms with Crippen LogP contribution in [0.5, 0.6) is 11.5 Å². The number of pyridine rings is 1. The number of nitrogens with zero attached hydrogens (tertiary/aromatic N) is 1. The second-order valence-corrected chi connectivity index (χ2v) is 2.81. The number of ether oxygens (including phenoxy) is 1. The lowest BCUT2D eigenvalue weighted by Gasteiger charge is -2.04. The zero-order valence-electron chi connectivity index (χ0n) is 7.47. The van der Waals surface area contributed by atoms with E-state index in [0.29, 0.717) is 5.69 Å². The largest absolute Gasteiger partial charge is 0.457 e. The Morgan fingerprint density at radius 1 is 0.857 bits per heavy atom. The third-order valence-corrected chi connectivity index (χ3v) is 1.74. The molecule has 0 aliphatic carbocycles. The summed E-state index contributed by atoms with van der Waals surface area (Å²) in [6.45, 7) is 0. The highest BCUT2D eigenvalue weighted by Crippen LogP contribution is 2.21. The predicted molar refractivity (Wildman–Crippen MR) is 53.5 cm³/mol. The van der Waals surface area contributed by atoms with E-state index in [1.54, 1.807) is 48.8 Å². The number of hydrogen-bond acceptors (Lipinski definition) is 2. The minimum atomic E-state index is 0.479. The van der Waals surface area contributed by atoms with Gasteiger partial charge in [-0.05, 0) is 36.4 Å². The van der Waals surface area contributed by atoms with Crippen molar-refractivity contribution in [1.29, 1.82) is 0 Å². The topological polar surface area (TPSA) is 45.9 Å². The van der Waals surface area contributed by atoms with Crippen molar-refractivity contribution < 1.29 is 4.74 Å². The zero-order chi connectivity index (χ0) is 9.80. The standard InChI is InChI=1S/C11H9N2O/c12-9-1-3-10(4-2-9)14-11-5-7-13-8-6-11/h1-8,12H. The highest BCUT2D eigenvalue weighted by Gasteiger charge is 1.95.